The molecule has 0 radical (unpaired) electrons. The van der Waals surface area contributed by atoms with Gasteiger partial charge in [-0.15, -0.1) is 23.1 Å². The van der Waals surface area contributed by atoms with Gasteiger partial charge in [0.2, 0.25) is 5.91 Å². The van der Waals surface area contributed by atoms with Crippen LogP contribution < -0.4 is 5.32 Å². The Bertz CT molecular complexity index is 910. The van der Waals surface area contributed by atoms with Crippen LogP contribution in [0.25, 0.3) is 11.3 Å². The number of amides is 1. The molecule has 0 fully saturated rings. The summed E-state index contributed by atoms with van der Waals surface area (Å²) in [7, 11) is 0. The molecule has 0 aliphatic carbocycles. The van der Waals surface area contributed by atoms with Gasteiger partial charge >= 0.3 is 0 Å². The Morgan fingerprint density at radius 3 is 2.58 bits per heavy atom. The number of rotatable bonds is 6. The van der Waals surface area contributed by atoms with Gasteiger partial charge in [-0.1, -0.05) is 24.3 Å². The summed E-state index contributed by atoms with van der Waals surface area (Å²) in [5, 5.41) is 5.86. The number of hydrogen-bond donors (Lipinski definition) is 1. The van der Waals surface area contributed by atoms with Gasteiger partial charge in [0.25, 0.3) is 0 Å². The first kappa shape index (κ1) is 18.5. The van der Waals surface area contributed by atoms with Gasteiger partial charge in [0.15, 0.2) is 11.6 Å². The van der Waals surface area contributed by atoms with Gasteiger partial charge in [0.05, 0.1) is 16.5 Å². The van der Waals surface area contributed by atoms with Gasteiger partial charge in [0, 0.05) is 22.4 Å². The monoisotopic (exact) mass is 390 g/mol. The van der Waals surface area contributed by atoms with Gasteiger partial charge in [-0.05, 0) is 30.7 Å². The van der Waals surface area contributed by atoms with E-state index < -0.39 is 11.6 Å². The molecule has 0 aliphatic heterocycles. The van der Waals surface area contributed by atoms with Crippen LogP contribution in [-0.4, -0.2) is 16.6 Å². The molecule has 2 aromatic carbocycles. The minimum absolute atomic E-state index is 0.140. The van der Waals surface area contributed by atoms with Crippen molar-refractivity contribution in [1.82, 2.24) is 10.3 Å². The molecule has 0 unspecified atom stereocenters. The quantitative estimate of drug-likeness (QED) is 0.615. The number of carbonyl (C=O) groups is 1. The van der Waals surface area contributed by atoms with Crippen molar-refractivity contribution in [2.24, 2.45) is 0 Å². The van der Waals surface area contributed by atoms with Gasteiger partial charge in [-0.25, -0.2) is 13.8 Å². The first-order chi connectivity index (χ1) is 12.5. The third kappa shape index (κ3) is 4.89. The number of aryl methyl sites for hydroxylation is 1. The molecule has 26 heavy (non-hydrogen) atoms. The van der Waals surface area contributed by atoms with Crippen LogP contribution in [0, 0.1) is 18.6 Å². The number of carbonyl (C=O) groups excluding carboxylic acids is 1. The Hall–Kier alpha value is -2.25. The maximum atomic E-state index is 13.1. The molecule has 0 spiro atoms. The SMILES string of the molecule is Cc1nc(-c2ccc(CNC(=O)CSc3ccc(F)c(F)c3)cc2)cs1. The van der Waals surface area contributed by atoms with Crippen molar-refractivity contribution in [2.75, 3.05) is 5.75 Å². The summed E-state index contributed by atoms with van der Waals surface area (Å²) in [5.41, 5.74) is 2.97. The number of thioether (sulfide) groups is 1. The van der Waals surface area contributed by atoms with E-state index in [0.717, 1.165) is 45.7 Å². The number of nitrogens with one attached hydrogen (secondary N) is 1. The van der Waals surface area contributed by atoms with Crippen LogP contribution in [0.3, 0.4) is 0 Å². The standard InChI is InChI=1S/C19H16F2N2OS2/c1-12-23-18(10-25-12)14-4-2-13(3-5-14)9-22-19(24)11-26-15-6-7-16(20)17(21)8-15/h2-8,10H,9,11H2,1H3,(H,22,24). The maximum absolute atomic E-state index is 13.1. The third-order valence-corrected chi connectivity index (χ3v) is 5.39. The van der Waals surface area contributed by atoms with Crippen molar-refractivity contribution < 1.29 is 13.6 Å². The molecule has 0 atom stereocenters. The predicted molar refractivity (Wildman–Crippen MR) is 101 cm³/mol. The van der Waals surface area contributed by atoms with E-state index >= 15 is 0 Å². The zero-order valence-corrected chi connectivity index (χ0v) is 15.6. The lowest BCUT2D eigenvalue weighted by molar-refractivity contribution is -0.118. The largest absolute Gasteiger partial charge is 0.351 e. The Kier molecular flexibility index (Phi) is 6.00. The zero-order chi connectivity index (χ0) is 18.5. The molecule has 0 saturated heterocycles. The van der Waals surface area contributed by atoms with E-state index in [-0.39, 0.29) is 11.7 Å². The van der Waals surface area contributed by atoms with E-state index in [1.807, 2.05) is 36.6 Å². The second kappa shape index (κ2) is 8.42. The average Bonchev–Trinajstić information content (AvgIpc) is 3.08. The fraction of sp³-hybridized carbons (Fsp3) is 0.158. The summed E-state index contributed by atoms with van der Waals surface area (Å²) >= 11 is 2.77. The van der Waals surface area contributed by atoms with E-state index in [0.29, 0.717) is 11.4 Å². The lowest BCUT2D eigenvalue weighted by Crippen LogP contribution is -2.24. The second-order valence-electron chi connectivity index (χ2n) is 5.59. The Morgan fingerprint density at radius 2 is 1.92 bits per heavy atom. The molecule has 0 saturated carbocycles. The summed E-state index contributed by atoms with van der Waals surface area (Å²) in [6, 6.07) is 11.5. The fourth-order valence-corrected chi connectivity index (χ4v) is 3.63. The smallest absolute Gasteiger partial charge is 0.230 e. The average molecular weight is 390 g/mol. The van der Waals surface area contributed by atoms with E-state index in [9.17, 15) is 13.6 Å². The Labute approximate surface area is 158 Å². The van der Waals surface area contributed by atoms with Crippen LogP contribution in [-0.2, 0) is 11.3 Å². The summed E-state index contributed by atoms with van der Waals surface area (Å²) in [4.78, 5) is 16.9. The third-order valence-electron chi connectivity index (χ3n) is 3.62. The first-order valence-electron chi connectivity index (χ1n) is 7.87. The molecular weight excluding hydrogens is 374 g/mol. The summed E-state index contributed by atoms with van der Waals surface area (Å²) in [6.45, 7) is 2.38. The van der Waals surface area contributed by atoms with Gasteiger partial charge in [-0.3, -0.25) is 4.79 Å². The highest BCUT2D eigenvalue weighted by Gasteiger charge is 2.07. The number of halogens is 2. The first-order valence-corrected chi connectivity index (χ1v) is 9.74. The zero-order valence-electron chi connectivity index (χ0n) is 14.0. The van der Waals surface area contributed by atoms with Gasteiger partial charge < -0.3 is 5.32 Å². The highest BCUT2D eigenvalue weighted by Crippen LogP contribution is 2.22. The minimum Gasteiger partial charge on any atom is -0.351 e. The maximum Gasteiger partial charge on any atom is 0.230 e. The Balaban J connectivity index is 1.48. The minimum atomic E-state index is -0.911. The number of aromatic nitrogens is 1. The van der Waals surface area contributed by atoms with E-state index in [1.54, 1.807) is 11.3 Å². The van der Waals surface area contributed by atoms with Crippen LogP contribution >= 0.6 is 23.1 Å². The molecule has 134 valence electrons. The van der Waals surface area contributed by atoms with Crippen molar-refractivity contribution in [3.05, 3.63) is 70.1 Å². The molecule has 1 heterocycles. The molecule has 0 bridgehead atoms. The lowest BCUT2D eigenvalue weighted by Gasteiger charge is -2.06. The molecule has 3 rings (SSSR count). The summed E-state index contributed by atoms with van der Waals surface area (Å²) < 4.78 is 26.0. The van der Waals surface area contributed by atoms with E-state index in [2.05, 4.69) is 10.3 Å². The molecule has 1 N–H and O–H groups in total. The van der Waals surface area contributed by atoms with Crippen molar-refractivity contribution in [3.63, 3.8) is 0 Å². The van der Waals surface area contributed by atoms with Crippen molar-refractivity contribution >= 4 is 29.0 Å². The highest BCUT2D eigenvalue weighted by molar-refractivity contribution is 8.00. The van der Waals surface area contributed by atoms with E-state index in [4.69, 9.17) is 0 Å². The van der Waals surface area contributed by atoms with Gasteiger partial charge in [-0.2, -0.15) is 0 Å². The number of nitrogens with zero attached hydrogens (tertiary/aromatic N) is 1. The fourth-order valence-electron chi connectivity index (χ4n) is 2.26. The molecule has 7 heteroatoms. The van der Waals surface area contributed by atoms with Crippen molar-refractivity contribution in [2.45, 2.75) is 18.4 Å². The van der Waals surface area contributed by atoms with Crippen molar-refractivity contribution in [1.29, 1.82) is 0 Å². The Morgan fingerprint density at radius 1 is 1.15 bits per heavy atom. The van der Waals surface area contributed by atoms with Gasteiger partial charge in [0.1, 0.15) is 0 Å². The molecule has 1 aromatic heterocycles. The summed E-state index contributed by atoms with van der Waals surface area (Å²) in [5.74, 6) is -1.83. The highest BCUT2D eigenvalue weighted by atomic mass is 32.2. The molecule has 0 aliphatic rings. The van der Waals surface area contributed by atoms with Crippen molar-refractivity contribution in [3.8, 4) is 11.3 Å². The number of benzene rings is 2. The molecule has 3 aromatic rings. The number of hydrogen-bond acceptors (Lipinski definition) is 4. The normalized spacial score (nSPS) is 10.7. The van der Waals surface area contributed by atoms with Crippen LogP contribution in [0.5, 0.6) is 0 Å². The van der Waals surface area contributed by atoms with E-state index in [1.165, 1.54) is 6.07 Å². The molecular formula is C19H16F2N2OS2. The van der Waals surface area contributed by atoms with Crippen LogP contribution in [0.2, 0.25) is 0 Å². The molecule has 1 amide bonds. The molecule has 3 nitrogen and oxygen atoms in total. The number of thiazole rings is 1. The second-order valence-corrected chi connectivity index (χ2v) is 7.70. The van der Waals surface area contributed by atoms with Crippen LogP contribution in [0.4, 0.5) is 8.78 Å². The predicted octanol–water partition coefficient (Wildman–Crippen LogP) is 4.81. The lowest BCUT2D eigenvalue weighted by atomic mass is 10.1. The topological polar surface area (TPSA) is 42.0 Å². The van der Waals surface area contributed by atoms with Crippen LogP contribution in [0.15, 0.2) is 52.7 Å². The summed E-state index contributed by atoms with van der Waals surface area (Å²) in [6.07, 6.45) is 0. The van der Waals surface area contributed by atoms with Crippen LogP contribution in [0.1, 0.15) is 10.6 Å².